The number of hydrogen-bond donors (Lipinski definition) is 1. The fourth-order valence-electron chi connectivity index (χ4n) is 1.74. The van der Waals surface area contributed by atoms with E-state index >= 15 is 0 Å². The second kappa shape index (κ2) is 7.19. The first-order chi connectivity index (χ1) is 9.30. The monoisotopic (exact) mass is 319 g/mol. The van der Waals surface area contributed by atoms with Crippen molar-refractivity contribution in [2.24, 2.45) is 5.92 Å². The van der Waals surface area contributed by atoms with Crippen LogP contribution in [0.15, 0.2) is 16.3 Å². The van der Waals surface area contributed by atoms with E-state index in [4.69, 9.17) is 0 Å². The lowest BCUT2D eigenvalue weighted by atomic mass is 10.1. The third-order valence-electron chi connectivity index (χ3n) is 2.74. The summed E-state index contributed by atoms with van der Waals surface area (Å²) < 4.78 is 31.9. The highest BCUT2D eigenvalue weighted by Gasteiger charge is 2.27. The molecule has 0 aliphatic carbocycles. The minimum absolute atomic E-state index is 0.177. The maximum atomic E-state index is 12.3. The highest BCUT2D eigenvalue weighted by Crippen LogP contribution is 2.22. The molecular formula is C13H21NO4S2. The Balaban J connectivity index is 2.93. The molecule has 0 radical (unpaired) electrons. The van der Waals surface area contributed by atoms with Gasteiger partial charge >= 0.3 is 5.97 Å². The summed E-state index contributed by atoms with van der Waals surface area (Å²) in [5, 5.41) is 0. The zero-order valence-corrected chi connectivity index (χ0v) is 13.8. The summed E-state index contributed by atoms with van der Waals surface area (Å²) in [6.45, 7) is 5.81. The van der Waals surface area contributed by atoms with E-state index in [1.807, 2.05) is 20.8 Å². The number of nitrogens with one attached hydrogen (secondary N) is 1. The molecule has 0 saturated carbocycles. The molecule has 0 aliphatic rings. The molecule has 1 rings (SSSR count). The fourth-order valence-corrected chi connectivity index (χ4v) is 4.25. The minimum Gasteiger partial charge on any atom is -0.468 e. The summed E-state index contributed by atoms with van der Waals surface area (Å²) in [4.78, 5) is 12.7. The summed E-state index contributed by atoms with van der Waals surface area (Å²) in [5.74, 6) is -0.383. The van der Waals surface area contributed by atoms with Crippen molar-refractivity contribution in [1.82, 2.24) is 4.72 Å². The maximum absolute atomic E-state index is 12.3. The normalized spacial score (nSPS) is 13.4. The molecule has 114 valence electrons. The zero-order valence-electron chi connectivity index (χ0n) is 12.2. The Morgan fingerprint density at radius 3 is 2.50 bits per heavy atom. The number of methoxy groups -OCH3 is 1. The van der Waals surface area contributed by atoms with Crippen molar-refractivity contribution in [2.75, 3.05) is 7.11 Å². The quantitative estimate of drug-likeness (QED) is 0.782. The van der Waals surface area contributed by atoms with E-state index < -0.39 is 22.0 Å². The predicted molar refractivity (Wildman–Crippen MR) is 79.3 cm³/mol. The third-order valence-corrected chi connectivity index (χ3v) is 5.93. The van der Waals surface area contributed by atoms with Gasteiger partial charge in [-0.05, 0) is 30.9 Å². The standard InChI is InChI=1S/C13H21NO4S2/c1-5-10-6-7-12(19-10)20(16,17)14-11(8-9(2)3)13(15)18-4/h6-7,9,11,14H,5,8H2,1-4H3. The molecule has 1 unspecified atom stereocenters. The number of thiophene rings is 1. The SMILES string of the molecule is CCc1ccc(S(=O)(=O)NC(CC(C)C)C(=O)OC)s1. The third kappa shape index (κ3) is 4.57. The molecular weight excluding hydrogens is 298 g/mol. The number of esters is 1. The van der Waals surface area contributed by atoms with Gasteiger partial charge in [-0.25, -0.2) is 8.42 Å². The number of carbonyl (C=O) groups is 1. The van der Waals surface area contributed by atoms with Gasteiger partial charge in [-0.3, -0.25) is 4.79 Å². The van der Waals surface area contributed by atoms with Crippen LogP contribution in [0.25, 0.3) is 0 Å². The number of carbonyl (C=O) groups excluding carboxylic acids is 1. The molecule has 0 saturated heterocycles. The number of sulfonamides is 1. The van der Waals surface area contributed by atoms with Crippen molar-refractivity contribution < 1.29 is 17.9 Å². The van der Waals surface area contributed by atoms with Crippen LogP contribution < -0.4 is 4.72 Å². The largest absolute Gasteiger partial charge is 0.468 e. The Morgan fingerprint density at radius 1 is 1.40 bits per heavy atom. The molecule has 0 spiro atoms. The van der Waals surface area contributed by atoms with E-state index in [9.17, 15) is 13.2 Å². The number of hydrogen-bond acceptors (Lipinski definition) is 5. The van der Waals surface area contributed by atoms with Crippen molar-refractivity contribution in [2.45, 2.75) is 43.9 Å². The first-order valence-corrected chi connectivity index (χ1v) is 8.79. The molecule has 1 N–H and O–H groups in total. The van der Waals surface area contributed by atoms with Crippen molar-refractivity contribution in [1.29, 1.82) is 0 Å². The second-order valence-corrected chi connectivity index (χ2v) is 8.01. The van der Waals surface area contributed by atoms with E-state index in [2.05, 4.69) is 9.46 Å². The van der Waals surface area contributed by atoms with E-state index in [0.29, 0.717) is 6.42 Å². The van der Waals surface area contributed by atoms with Gasteiger partial charge in [0.1, 0.15) is 10.3 Å². The Bertz CT molecular complexity index is 548. The van der Waals surface area contributed by atoms with Crippen LogP contribution in [-0.4, -0.2) is 27.5 Å². The Morgan fingerprint density at radius 2 is 2.05 bits per heavy atom. The van der Waals surface area contributed by atoms with Gasteiger partial charge in [0.05, 0.1) is 7.11 Å². The van der Waals surface area contributed by atoms with Crippen LogP contribution in [0, 0.1) is 5.92 Å². The summed E-state index contributed by atoms with van der Waals surface area (Å²) in [5.41, 5.74) is 0. The average molecular weight is 319 g/mol. The summed E-state index contributed by atoms with van der Waals surface area (Å²) in [6.07, 6.45) is 1.19. The molecule has 0 amide bonds. The van der Waals surface area contributed by atoms with Crippen molar-refractivity contribution in [3.8, 4) is 0 Å². The maximum Gasteiger partial charge on any atom is 0.323 e. The first kappa shape index (κ1) is 17.1. The average Bonchev–Trinajstić information content (AvgIpc) is 2.85. The summed E-state index contributed by atoms with van der Waals surface area (Å²) in [7, 11) is -2.43. The predicted octanol–water partition coefficient (Wildman–Crippen LogP) is 2.18. The molecule has 5 nitrogen and oxygen atoms in total. The van der Waals surface area contributed by atoms with Crippen LogP contribution in [-0.2, 0) is 26.0 Å². The molecule has 1 heterocycles. The van der Waals surface area contributed by atoms with Gasteiger partial charge in [0, 0.05) is 4.88 Å². The molecule has 1 atom stereocenters. The summed E-state index contributed by atoms with van der Waals surface area (Å²) in [6, 6.07) is 2.50. The first-order valence-electron chi connectivity index (χ1n) is 6.49. The minimum atomic E-state index is -3.68. The van der Waals surface area contributed by atoms with Gasteiger partial charge in [-0.2, -0.15) is 4.72 Å². The Hall–Kier alpha value is -0.920. The Labute approximate surface area is 124 Å². The topological polar surface area (TPSA) is 72.5 Å². The number of rotatable bonds is 7. The van der Waals surface area contributed by atoms with Crippen molar-refractivity contribution in [3.63, 3.8) is 0 Å². The van der Waals surface area contributed by atoms with Crippen LogP contribution in [0.2, 0.25) is 0 Å². The molecule has 7 heteroatoms. The van der Waals surface area contributed by atoms with Gasteiger partial charge in [-0.1, -0.05) is 20.8 Å². The van der Waals surface area contributed by atoms with E-state index in [0.717, 1.165) is 11.3 Å². The molecule has 0 fully saturated rings. The van der Waals surface area contributed by atoms with Gasteiger partial charge in [0.15, 0.2) is 0 Å². The molecule has 0 aromatic carbocycles. The van der Waals surface area contributed by atoms with Gasteiger partial charge < -0.3 is 4.74 Å². The van der Waals surface area contributed by atoms with E-state index in [1.165, 1.54) is 18.4 Å². The highest BCUT2D eigenvalue weighted by molar-refractivity contribution is 7.91. The van der Waals surface area contributed by atoms with Crippen LogP contribution in [0.4, 0.5) is 0 Å². The van der Waals surface area contributed by atoms with Crippen LogP contribution >= 0.6 is 11.3 Å². The fraction of sp³-hybridized carbons (Fsp3) is 0.615. The molecule has 1 aromatic heterocycles. The lowest BCUT2D eigenvalue weighted by molar-refractivity contribution is -0.143. The molecule has 0 aliphatic heterocycles. The molecule has 20 heavy (non-hydrogen) atoms. The lowest BCUT2D eigenvalue weighted by Crippen LogP contribution is -2.42. The summed E-state index contributed by atoms with van der Waals surface area (Å²) >= 11 is 1.22. The number of aryl methyl sites for hydroxylation is 1. The molecule has 1 aromatic rings. The van der Waals surface area contributed by atoms with Crippen molar-refractivity contribution >= 4 is 27.3 Å². The lowest BCUT2D eigenvalue weighted by Gasteiger charge is -2.17. The van der Waals surface area contributed by atoms with E-state index in [1.54, 1.807) is 12.1 Å². The van der Waals surface area contributed by atoms with E-state index in [-0.39, 0.29) is 10.1 Å². The van der Waals surface area contributed by atoms with Gasteiger partial charge in [0.25, 0.3) is 10.0 Å². The van der Waals surface area contributed by atoms with Crippen LogP contribution in [0.5, 0.6) is 0 Å². The zero-order chi connectivity index (χ0) is 15.3. The van der Waals surface area contributed by atoms with Crippen LogP contribution in [0.1, 0.15) is 32.1 Å². The second-order valence-electron chi connectivity index (χ2n) is 4.90. The van der Waals surface area contributed by atoms with Crippen molar-refractivity contribution in [3.05, 3.63) is 17.0 Å². The van der Waals surface area contributed by atoms with Gasteiger partial charge in [-0.15, -0.1) is 11.3 Å². The Kier molecular flexibility index (Phi) is 6.16. The smallest absolute Gasteiger partial charge is 0.323 e. The van der Waals surface area contributed by atoms with Crippen LogP contribution in [0.3, 0.4) is 0 Å². The van der Waals surface area contributed by atoms with Gasteiger partial charge in [0.2, 0.25) is 0 Å². The molecule has 0 bridgehead atoms. The highest BCUT2D eigenvalue weighted by atomic mass is 32.2. The number of ether oxygens (including phenoxy) is 1.